The molecule has 0 saturated carbocycles. The summed E-state index contributed by atoms with van der Waals surface area (Å²) in [6, 6.07) is 1.72. The molecule has 1 amide bonds. The second-order valence-corrected chi connectivity index (χ2v) is 4.20. The molecule has 1 aromatic heterocycles. The van der Waals surface area contributed by atoms with Gasteiger partial charge in [-0.25, -0.2) is 5.48 Å². The van der Waals surface area contributed by atoms with Crippen molar-refractivity contribution in [2.24, 2.45) is 0 Å². The van der Waals surface area contributed by atoms with Gasteiger partial charge < -0.3 is 5.11 Å². The van der Waals surface area contributed by atoms with Gasteiger partial charge in [0, 0.05) is 4.88 Å². The Hall–Kier alpha value is -0.620. The number of halogens is 1. The van der Waals surface area contributed by atoms with Gasteiger partial charge in [-0.1, -0.05) is 11.6 Å². The molecule has 0 fully saturated rings. The monoisotopic (exact) mass is 235 g/mol. The van der Waals surface area contributed by atoms with Crippen molar-refractivity contribution in [3.8, 4) is 0 Å². The highest BCUT2D eigenvalue weighted by Gasteiger charge is 2.13. The minimum Gasteiger partial charge on any atom is -0.394 e. The van der Waals surface area contributed by atoms with Crippen LogP contribution < -0.4 is 5.48 Å². The van der Waals surface area contributed by atoms with Crippen LogP contribution in [0.2, 0.25) is 5.02 Å². The lowest BCUT2D eigenvalue weighted by atomic mass is 10.4. The van der Waals surface area contributed by atoms with Crippen LogP contribution in [0.1, 0.15) is 14.5 Å². The van der Waals surface area contributed by atoms with Crippen LogP contribution in [0.3, 0.4) is 0 Å². The predicted molar refractivity (Wildman–Crippen MR) is 54.6 cm³/mol. The van der Waals surface area contributed by atoms with Gasteiger partial charge in [0.1, 0.15) is 4.88 Å². The van der Waals surface area contributed by atoms with Gasteiger partial charge in [0.05, 0.1) is 18.2 Å². The number of aliphatic hydroxyl groups is 1. The molecule has 0 aliphatic carbocycles. The van der Waals surface area contributed by atoms with Crippen molar-refractivity contribution in [3.63, 3.8) is 0 Å². The Labute approximate surface area is 90.4 Å². The highest BCUT2D eigenvalue weighted by Crippen LogP contribution is 2.25. The molecule has 1 aromatic rings. The Kier molecular flexibility index (Phi) is 4.34. The first-order valence-corrected chi connectivity index (χ1v) is 5.13. The third-order valence-electron chi connectivity index (χ3n) is 1.37. The minimum atomic E-state index is -0.387. The van der Waals surface area contributed by atoms with Gasteiger partial charge in [-0.05, 0) is 13.0 Å². The van der Waals surface area contributed by atoms with Crippen molar-refractivity contribution < 1.29 is 14.7 Å². The Bertz CT molecular complexity index is 326. The predicted octanol–water partition coefficient (Wildman–Crippen LogP) is 1.36. The molecule has 6 heteroatoms. The Morgan fingerprint density at radius 2 is 2.50 bits per heavy atom. The van der Waals surface area contributed by atoms with Crippen molar-refractivity contribution in [1.29, 1.82) is 0 Å². The molecule has 0 spiro atoms. The fourth-order valence-electron chi connectivity index (χ4n) is 0.847. The number of hydroxylamine groups is 1. The van der Waals surface area contributed by atoms with Crippen molar-refractivity contribution in [1.82, 2.24) is 5.48 Å². The lowest BCUT2D eigenvalue weighted by molar-refractivity contribution is 0.0171. The van der Waals surface area contributed by atoms with E-state index in [2.05, 4.69) is 10.3 Å². The van der Waals surface area contributed by atoms with Crippen molar-refractivity contribution >= 4 is 28.8 Å². The molecule has 0 atom stereocenters. The van der Waals surface area contributed by atoms with Gasteiger partial charge in [0.15, 0.2) is 0 Å². The van der Waals surface area contributed by atoms with Gasteiger partial charge in [-0.2, -0.15) is 0 Å². The molecule has 0 bridgehead atoms. The van der Waals surface area contributed by atoms with Crippen LogP contribution in [-0.2, 0) is 4.84 Å². The Morgan fingerprint density at radius 3 is 3.00 bits per heavy atom. The van der Waals surface area contributed by atoms with E-state index in [1.807, 2.05) is 6.92 Å². The van der Waals surface area contributed by atoms with Gasteiger partial charge in [0.2, 0.25) is 0 Å². The van der Waals surface area contributed by atoms with E-state index in [0.717, 1.165) is 4.88 Å². The van der Waals surface area contributed by atoms with E-state index in [9.17, 15) is 4.79 Å². The third kappa shape index (κ3) is 2.95. The third-order valence-corrected chi connectivity index (χ3v) is 2.83. The van der Waals surface area contributed by atoms with Crippen LogP contribution in [0.4, 0.5) is 0 Å². The Balaban J connectivity index is 2.56. The van der Waals surface area contributed by atoms with Crippen molar-refractivity contribution in [2.75, 3.05) is 13.2 Å². The fraction of sp³-hybridized carbons (Fsp3) is 0.375. The van der Waals surface area contributed by atoms with Crippen molar-refractivity contribution in [3.05, 3.63) is 20.8 Å². The van der Waals surface area contributed by atoms with Crippen LogP contribution >= 0.6 is 22.9 Å². The normalized spacial score (nSPS) is 10.2. The van der Waals surface area contributed by atoms with Gasteiger partial charge >= 0.3 is 0 Å². The van der Waals surface area contributed by atoms with Crippen LogP contribution in [0.15, 0.2) is 6.07 Å². The largest absolute Gasteiger partial charge is 0.394 e. The highest BCUT2D eigenvalue weighted by molar-refractivity contribution is 7.14. The molecule has 78 valence electrons. The highest BCUT2D eigenvalue weighted by atomic mass is 35.5. The number of rotatable bonds is 4. The van der Waals surface area contributed by atoms with Gasteiger partial charge in [-0.3, -0.25) is 9.63 Å². The van der Waals surface area contributed by atoms with E-state index in [-0.39, 0.29) is 19.1 Å². The Morgan fingerprint density at radius 1 is 1.79 bits per heavy atom. The zero-order chi connectivity index (χ0) is 10.6. The first kappa shape index (κ1) is 11.5. The standard InChI is InChI=1S/C8H10ClNO3S/c1-5-4-6(9)7(14-5)8(12)10-13-3-2-11/h4,11H,2-3H2,1H3,(H,10,12). The molecule has 0 radical (unpaired) electrons. The van der Waals surface area contributed by atoms with Crippen LogP contribution in [0.5, 0.6) is 0 Å². The fourth-order valence-corrected chi connectivity index (χ4v) is 2.07. The number of thiophene rings is 1. The summed E-state index contributed by atoms with van der Waals surface area (Å²) in [7, 11) is 0. The molecule has 14 heavy (non-hydrogen) atoms. The van der Waals surface area contributed by atoms with E-state index in [0.29, 0.717) is 9.90 Å². The molecular formula is C8H10ClNO3S. The van der Waals surface area contributed by atoms with Crippen LogP contribution in [0.25, 0.3) is 0 Å². The number of hydrogen-bond acceptors (Lipinski definition) is 4. The van der Waals surface area contributed by atoms with E-state index in [1.165, 1.54) is 11.3 Å². The van der Waals surface area contributed by atoms with Crippen molar-refractivity contribution in [2.45, 2.75) is 6.92 Å². The quantitative estimate of drug-likeness (QED) is 0.612. The lowest BCUT2D eigenvalue weighted by Crippen LogP contribution is -2.24. The molecule has 4 nitrogen and oxygen atoms in total. The summed E-state index contributed by atoms with van der Waals surface area (Å²) in [4.78, 5) is 17.4. The van der Waals surface area contributed by atoms with Crippen LogP contribution in [0, 0.1) is 6.92 Å². The number of aliphatic hydroxyl groups excluding tert-OH is 1. The van der Waals surface area contributed by atoms with Gasteiger partial charge in [0.25, 0.3) is 5.91 Å². The average molecular weight is 236 g/mol. The number of amides is 1. The molecule has 2 N–H and O–H groups in total. The topological polar surface area (TPSA) is 58.6 Å². The summed E-state index contributed by atoms with van der Waals surface area (Å²) >= 11 is 7.09. The molecule has 1 rings (SSSR count). The lowest BCUT2D eigenvalue weighted by Gasteiger charge is -2.02. The average Bonchev–Trinajstić information content (AvgIpc) is 2.45. The minimum absolute atomic E-state index is 0.0632. The molecule has 0 aliphatic rings. The first-order valence-electron chi connectivity index (χ1n) is 3.94. The summed E-state index contributed by atoms with van der Waals surface area (Å²) < 4.78 is 0. The SMILES string of the molecule is Cc1cc(Cl)c(C(=O)NOCCO)s1. The van der Waals surface area contributed by atoms with E-state index in [4.69, 9.17) is 16.7 Å². The molecule has 1 heterocycles. The summed E-state index contributed by atoms with van der Waals surface area (Å²) in [5.74, 6) is -0.387. The molecular weight excluding hydrogens is 226 g/mol. The number of carbonyl (C=O) groups excluding carboxylic acids is 1. The van der Waals surface area contributed by atoms with Crippen LogP contribution in [-0.4, -0.2) is 24.2 Å². The molecule has 0 unspecified atom stereocenters. The summed E-state index contributed by atoms with van der Waals surface area (Å²) in [5, 5.41) is 8.82. The molecule has 0 aliphatic heterocycles. The maximum absolute atomic E-state index is 11.4. The maximum atomic E-state index is 11.4. The van der Waals surface area contributed by atoms with Gasteiger partial charge in [-0.15, -0.1) is 11.3 Å². The zero-order valence-corrected chi connectivity index (χ0v) is 9.11. The van der Waals surface area contributed by atoms with E-state index >= 15 is 0 Å². The maximum Gasteiger partial charge on any atom is 0.286 e. The van der Waals surface area contributed by atoms with E-state index < -0.39 is 0 Å². The number of hydrogen-bond donors (Lipinski definition) is 2. The second-order valence-electron chi connectivity index (χ2n) is 2.54. The summed E-state index contributed by atoms with van der Waals surface area (Å²) in [6.45, 7) is 1.78. The first-order chi connectivity index (χ1) is 6.65. The molecule has 0 saturated heterocycles. The summed E-state index contributed by atoms with van der Waals surface area (Å²) in [5.41, 5.74) is 2.18. The zero-order valence-electron chi connectivity index (χ0n) is 7.54. The number of nitrogens with one attached hydrogen (secondary N) is 1. The second kappa shape index (κ2) is 5.31. The molecule has 0 aromatic carbocycles. The van der Waals surface area contributed by atoms with E-state index in [1.54, 1.807) is 6.07 Å². The smallest absolute Gasteiger partial charge is 0.286 e. The summed E-state index contributed by atoms with van der Waals surface area (Å²) in [6.07, 6.45) is 0. The number of aryl methyl sites for hydroxylation is 1. The number of carbonyl (C=O) groups is 1.